The van der Waals surface area contributed by atoms with Gasteiger partial charge in [0, 0.05) is 12.2 Å². The molecule has 0 saturated carbocycles. The van der Waals surface area contributed by atoms with Crippen molar-refractivity contribution in [2.24, 2.45) is 0 Å². The average molecular weight is 206 g/mol. The molecule has 0 aliphatic carbocycles. The molecule has 0 saturated heterocycles. The molecule has 0 aromatic heterocycles. The third kappa shape index (κ3) is 4.02. The second-order valence-corrected chi connectivity index (χ2v) is 3.52. The van der Waals surface area contributed by atoms with Crippen molar-refractivity contribution in [3.8, 4) is 0 Å². The number of para-hydroxylation sites is 1. The van der Waals surface area contributed by atoms with Gasteiger partial charge in [0.1, 0.15) is 0 Å². The van der Waals surface area contributed by atoms with E-state index in [1.165, 1.54) is 0 Å². The first-order chi connectivity index (χ1) is 7.24. The van der Waals surface area contributed by atoms with Crippen molar-refractivity contribution in [1.29, 1.82) is 0 Å². The largest absolute Gasteiger partial charge is 0.376 e. The Labute approximate surface area is 90.9 Å². The summed E-state index contributed by atoms with van der Waals surface area (Å²) >= 11 is 0. The van der Waals surface area contributed by atoms with Gasteiger partial charge in [-0.3, -0.25) is 4.79 Å². The summed E-state index contributed by atoms with van der Waals surface area (Å²) in [6, 6.07) is 7.94. The van der Waals surface area contributed by atoms with Crippen molar-refractivity contribution in [2.75, 3.05) is 18.4 Å². The molecule has 0 aliphatic rings. The molecular formula is C12H18N2O. The number of hydrogen-bond acceptors (Lipinski definition) is 2. The van der Waals surface area contributed by atoms with E-state index in [2.05, 4.69) is 10.6 Å². The van der Waals surface area contributed by atoms with Crippen LogP contribution in [0, 0.1) is 6.92 Å². The lowest BCUT2D eigenvalue weighted by atomic mass is 10.2. The molecule has 82 valence electrons. The molecule has 0 radical (unpaired) electrons. The minimum atomic E-state index is 0.0418. The van der Waals surface area contributed by atoms with Crippen molar-refractivity contribution >= 4 is 11.6 Å². The fourth-order valence-corrected chi connectivity index (χ4v) is 1.27. The summed E-state index contributed by atoms with van der Waals surface area (Å²) < 4.78 is 0. The molecule has 1 amide bonds. The lowest BCUT2D eigenvalue weighted by Gasteiger charge is -2.09. The molecule has 0 bridgehead atoms. The first-order valence-electron chi connectivity index (χ1n) is 5.30. The summed E-state index contributed by atoms with van der Waals surface area (Å²) in [5.41, 5.74) is 2.17. The zero-order valence-corrected chi connectivity index (χ0v) is 9.34. The Morgan fingerprint density at radius 2 is 2.07 bits per heavy atom. The molecule has 0 aliphatic heterocycles. The first kappa shape index (κ1) is 11.6. The zero-order valence-electron chi connectivity index (χ0n) is 9.34. The molecule has 0 heterocycles. The van der Waals surface area contributed by atoms with E-state index in [0.717, 1.165) is 24.2 Å². The molecule has 0 spiro atoms. The van der Waals surface area contributed by atoms with Gasteiger partial charge in [-0.15, -0.1) is 0 Å². The van der Waals surface area contributed by atoms with E-state index in [9.17, 15) is 4.79 Å². The monoisotopic (exact) mass is 206 g/mol. The Morgan fingerprint density at radius 3 is 2.73 bits per heavy atom. The van der Waals surface area contributed by atoms with Crippen molar-refractivity contribution < 1.29 is 4.79 Å². The second kappa shape index (κ2) is 6.06. The van der Waals surface area contributed by atoms with Gasteiger partial charge in [0.2, 0.25) is 5.91 Å². The van der Waals surface area contributed by atoms with Gasteiger partial charge in [0.15, 0.2) is 0 Å². The third-order valence-corrected chi connectivity index (χ3v) is 2.16. The minimum Gasteiger partial charge on any atom is -0.376 e. The quantitative estimate of drug-likeness (QED) is 0.773. The number of carbonyl (C=O) groups is 1. The summed E-state index contributed by atoms with van der Waals surface area (Å²) in [6.07, 6.45) is 0.968. The van der Waals surface area contributed by atoms with Gasteiger partial charge in [0.25, 0.3) is 0 Å². The molecule has 3 heteroatoms. The van der Waals surface area contributed by atoms with Gasteiger partial charge in [-0.05, 0) is 25.0 Å². The van der Waals surface area contributed by atoms with Crippen LogP contribution in [-0.4, -0.2) is 19.0 Å². The van der Waals surface area contributed by atoms with Crippen molar-refractivity contribution in [3.05, 3.63) is 29.8 Å². The fraction of sp³-hybridized carbons (Fsp3) is 0.417. The molecular weight excluding hydrogens is 188 g/mol. The van der Waals surface area contributed by atoms with Crippen LogP contribution >= 0.6 is 0 Å². The Kier molecular flexibility index (Phi) is 4.68. The highest BCUT2D eigenvalue weighted by molar-refractivity contribution is 5.80. The highest BCUT2D eigenvalue weighted by Gasteiger charge is 2.00. The standard InChI is InChI=1S/C12H18N2O/c1-3-8-13-12(15)9-14-11-7-5-4-6-10(11)2/h4-7,14H,3,8-9H2,1-2H3,(H,13,15). The molecule has 0 unspecified atom stereocenters. The predicted molar refractivity (Wildman–Crippen MR) is 63.0 cm³/mol. The van der Waals surface area contributed by atoms with Crippen LogP contribution in [0.3, 0.4) is 0 Å². The summed E-state index contributed by atoms with van der Waals surface area (Å²) in [5, 5.41) is 5.93. The zero-order chi connectivity index (χ0) is 11.1. The summed E-state index contributed by atoms with van der Waals surface area (Å²) in [7, 11) is 0. The van der Waals surface area contributed by atoms with E-state index in [0.29, 0.717) is 6.54 Å². The lowest BCUT2D eigenvalue weighted by molar-refractivity contribution is -0.119. The fourth-order valence-electron chi connectivity index (χ4n) is 1.27. The lowest BCUT2D eigenvalue weighted by Crippen LogP contribution is -2.30. The number of nitrogens with one attached hydrogen (secondary N) is 2. The van der Waals surface area contributed by atoms with Crippen LogP contribution in [0.5, 0.6) is 0 Å². The van der Waals surface area contributed by atoms with Gasteiger partial charge < -0.3 is 10.6 Å². The maximum atomic E-state index is 11.3. The van der Waals surface area contributed by atoms with Gasteiger partial charge in [-0.25, -0.2) is 0 Å². The number of aryl methyl sites for hydroxylation is 1. The van der Waals surface area contributed by atoms with Gasteiger partial charge in [-0.2, -0.15) is 0 Å². The average Bonchev–Trinajstić information content (AvgIpc) is 2.25. The van der Waals surface area contributed by atoms with Crippen LogP contribution in [-0.2, 0) is 4.79 Å². The minimum absolute atomic E-state index is 0.0418. The van der Waals surface area contributed by atoms with Crippen molar-refractivity contribution in [3.63, 3.8) is 0 Å². The Balaban J connectivity index is 2.37. The van der Waals surface area contributed by atoms with Crippen LogP contribution in [0.2, 0.25) is 0 Å². The summed E-state index contributed by atoms with van der Waals surface area (Å²) in [4.78, 5) is 11.3. The van der Waals surface area contributed by atoms with Crippen molar-refractivity contribution in [2.45, 2.75) is 20.3 Å². The van der Waals surface area contributed by atoms with E-state index in [1.807, 2.05) is 38.1 Å². The van der Waals surface area contributed by atoms with Crippen LogP contribution < -0.4 is 10.6 Å². The van der Waals surface area contributed by atoms with E-state index in [-0.39, 0.29) is 5.91 Å². The Morgan fingerprint density at radius 1 is 1.33 bits per heavy atom. The van der Waals surface area contributed by atoms with E-state index < -0.39 is 0 Å². The second-order valence-electron chi connectivity index (χ2n) is 3.52. The van der Waals surface area contributed by atoms with Gasteiger partial charge in [-0.1, -0.05) is 25.1 Å². The van der Waals surface area contributed by atoms with E-state index in [4.69, 9.17) is 0 Å². The molecule has 0 fully saturated rings. The topological polar surface area (TPSA) is 41.1 Å². The molecule has 1 rings (SSSR count). The molecule has 3 nitrogen and oxygen atoms in total. The number of anilines is 1. The van der Waals surface area contributed by atoms with Crippen LogP contribution in [0.1, 0.15) is 18.9 Å². The maximum absolute atomic E-state index is 11.3. The molecule has 2 N–H and O–H groups in total. The molecule has 1 aromatic carbocycles. The van der Waals surface area contributed by atoms with Crippen LogP contribution in [0.15, 0.2) is 24.3 Å². The molecule has 1 aromatic rings. The molecule has 0 atom stereocenters. The summed E-state index contributed by atoms with van der Waals surface area (Å²) in [6.45, 7) is 5.14. The highest BCUT2D eigenvalue weighted by atomic mass is 16.1. The van der Waals surface area contributed by atoms with Crippen LogP contribution in [0.25, 0.3) is 0 Å². The van der Waals surface area contributed by atoms with Crippen LogP contribution in [0.4, 0.5) is 5.69 Å². The SMILES string of the molecule is CCCNC(=O)CNc1ccccc1C. The number of rotatable bonds is 5. The van der Waals surface area contributed by atoms with E-state index in [1.54, 1.807) is 0 Å². The highest BCUT2D eigenvalue weighted by Crippen LogP contribution is 2.12. The number of carbonyl (C=O) groups excluding carboxylic acids is 1. The van der Waals surface area contributed by atoms with Gasteiger partial charge >= 0.3 is 0 Å². The summed E-state index contributed by atoms with van der Waals surface area (Å²) in [5.74, 6) is 0.0418. The number of benzene rings is 1. The Bertz CT molecular complexity index is 323. The Hall–Kier alpha value is -1.51. The normalized spacial score (nSPS) is 9.73. The number of amides is 1. The third-order valence-electron chi connectivity index (χ3n) is 2.16. The predicted octanol–water partition coefficient (Wildman–Crippen LogP) is 1.93. The molecule has 15 heavy (non-hydrogen) atoms. The maximum Gasteiger partial charge on any atom is 0.239 e. The van der Waals surface area contributed by atoms with Gasteiger partial charge in [0.05, 0.1) is 6.54 Å². The van der Waals surface area contributed by atoms with Crippen molar-refractivity contribution in [1.82, 2.24) is 5.32 Å². The smallest absolute Gasteiger partial charge is 0.239 e. The number of hydrogen-bond donors (Lipinski definition) is 2. The van der Waals surface area contributed by atoms with E-state index >= 15 is 0 Å². The first-order valence-corrected chi connectivity index (χ1v) is 5.30.